The van der Waals surface area contributed by atoms with Crippen molar-refractivity contribution in [2.45, 2.75) is 38.8 Å². The van der Waals surface area contributed by atoms with Crippen LogP contribution in [0.15, 0.2) is 23.8 Å². The minimum Gasteiger partial charge on any atom is -0.317 e. The second-order valence-corrected chi connectivity index (χ2v) is 7.06. The summed E-state index contributed by atoms with van der Waals surface area (Å²) in [7, 11) is 0. The molecule has 126 valence electrons. The van der Waals surface area contributed by atoms with Gasteiger partial charge in [-0.05, 0) is 43.3 Å². The van der Waals surface area contributed by atoms with Crippen molar-refractivity contribution in [1.82, 2.24) is 14.7 Å². The number of likely N-dealkylation sites (tertiary alicyclic amines) is 1. The Morgan fingerprint density at radius 1 is 1.58 bits per heavy atom. The van der Waals surface area contributed by atoms with E-state index in [1.807, 2.05) is 23.2 Å². The molecule has 0 aliphatic carbocycles. The fraction of sp³-hybridized carbons (Fsp3) is 0.471. The lowest BCUT2D eigenvalue weighted by molar-refractivity contribution is -0.116. The van der Waals surface area contributed by atoms with E-state index in [-0.39, 0.29) is 5.91 Å². The summed E-state index contributed by atoms with van der Waals surface area (Å²) in [4.78, 5) is 14.5. The molecule has 0 aromatic carbocycles. The Labute approximate surface area is 145 Å². The van der Waals surface area contributed by atoms with Crippen molar-refractivity contribution in [2.24, 2.45) is 0 Å². The molecule has 1 aliphatic rings. The summed E-state index contributed by atoms with van der Waals surface area (Å²) >= 11 is 1.39. The number of carbonyl (C=O) groups excluding carboxylic acids is 1. The highest BCUT2D eigenvalue weighted by Gasteiger charge is 2.25. The Kier molecular flexibility index (Phi) is 5.28. The normalized spacial score (nSPS) is 17.8. The molecule has 0 spiro atoms. The van der Waals surface area contributed by atoms with Crippen molar-refractivity contribution in [3.63, 3.8) is 0 Å². The van der Waals surface area contributed by atoms with Crippen molar-refractivity contribution in [2.75, 3.05) is 18.4 Å². The van der Waals surface area contributed by atoms with E-state index in [1.54, 1.807) is 6.07 Å². The minimum absolute atomic E-state index is 0.0328. The predicted octanol–water partition coefficient (Wildman–Crippen LogP) is 2.62. The van der Waals surface area contributed by atoms with Crippen LogP contribution < -0.4 is 5.32 Å². The van der Waals surface area contributed by atoms with Crippen LogP contribution in [0.3, 0.4) is 0 Å². The number of nitriles is 1. The van der Waals surface area contributed by atoms with Crippen LogP contribution in [0.2, 0.25) is 0 Å². The van der Waals surface area contributed by atoms with E-state index in [9.17, 15) is 4.79 Å². The quantitative estimate of drug-likeness (QED) is 0.875. The first-order chi connectivity index (χ1) is 11.7. The Bertz CT molecular complexity index is 744. The highest BCUT2D eigenvalue weighted by molar-refractivity contribution is 7.14. The van der Waals surface area contributed by atoms with E-state index >= 15 is 0 Å². The van der Waals surface area contributed by atoms with E-state index in [1.165, 1.54) is 16.9 Å². The average molecular weight is 343 g/mol. The van der Waals surface area contributed by atoms with Gasteiger partial charge in [-0.1, -0.05) is 0 Å². The summed E-state index contributed by atoms with van der Waals surface area (Å²) in [5.74, 6) is -0.0328. The number of hydrogen-bond acceptors (Lipinski definition) is 5. The smallest absolute Gasteiger partial charge is 0.226 e. The molecule has 1 unspecified atom stereocenters. The fourth-order valence-electron chi connectivity index (χ4n) is 3.11. The zero-order chi connectivity index (χ0) is 16.9. The number of anilines is 1. The first-order valence-electron chi connectivity index (χ1n) is 8.16. The molecule has 3 rings (SSSR count). The summed E-state index contributed by atoms with van der Waals surface area (Å²) in [6.45, 7) is 4.68. The molecule has 2 aromatic heterocycles. The molecule has 0 radical (unpaired) electrons. The van der Waals surface area contributed by atoms with Gasteiger partial charge in [0.1, 0.15) is 11.1 Å². The molecule has 1 aliphatic heterocycles. The second-order valence-electron chi connectivity index (χ2n) is 6.15. The average Bonchev–Trinajstić information content (AvgIpc) is 3.28. The summed E-state index contributed by atoms with van der Waals surface area (Å²) in [5, 5.41) is 18.7. The lowest BCUT2D eigenvalue weighted by atomic mass is 10.2. The van der Waals surface area contributed by atoms with Gasteiger partial charge in [-0.15, -0.1) is 11.3 Å². The Hall–Kier alpha value is -2.17. The molecule has 1 atom stereocenters. The van der Waals surface area contributed by atoms with E-state index in [0.29, 0.717) is 23.0 Å². The van der Waals surface area contributed by atoms with Crippen LogP contribution in [0, 0.1) is 18.3 Å². The van der Waals surface area contributed by atoms with Crippen molar-refractivity contribution in [1.29, 1.82) is 5.26 Å². The van der Waals surface area contributed by atoms with E-state index in [4.69, 9.17) is 5.26 Å². The van der Waals surface area contributed by atoms with Gasteiger partial charge < -0.3 is 5.32 Å². The number of hydrogen-bond donors (Lipinski definition) is 1. The number of rotatable bonds is 6. The molecule has 0 saturated carbocycles. The maximum Gasteiger partial charge on any atom is 0.226 e. The van der Waals surface area contributed by atoms with Crippen molar-refractivity contribution in [3.8, 4) is 6.07 Å². The summed E-state index contributed by atoms with van der Waals surface area (Å²) in [5.41, 5.74) is 1.70. The van der Waals surface area contributed by atoms with Gasteiger partial charge in [0.2, 0.25) is 5.91 Å². The standard InChI is InChI=1S/C17H21N5OS/c1-13-10-19-22(11-13)12-15-3-2-6-21(15)7-4-16(23)20-17-14(9-18)5-8-24-17/h5,8,10-11,15H,2-4,6-7,12H2,1H3,(H,20,23). The lowest BCUT2D eigenvalue weighted by Gasteiger charge is -2.24. The van der Waals surface area contributed by atoms with Crippen LogP contribution in [0.5, 0.6) is 0 Å². The summed E-state index contributed by atoms with van der Waals surface area (Å²) in [6.07, 6.45) is 6.68. The molecular formula is C17H21N5OS. The molecule has 1 N–H and O–H groups in total. The fourth-order valence-corrected chi connectivity index (χ4v) is 3.86. The van der Waals surface area contributed by atoms with Crippen molar-refractivity contribution < 1.29 is 4.79 Å². The number of nitrogens with zero attached hydrogens (tertiary/aromatic N) is 4. The molecule has 2 aromatic rings. The van der Waals surface area contributed by atoms with Crippen LogP contribution in [0.25, 0.3) is 0 Å². The maximum absolute atomic E-state index is 12.1. The maximum atomic E-state index is 12.1. The molecule has 1 saturated heterocycles. The number of aromatic nitrogens is 2. The highest BCUT2D eigenvalue weighted by atomic mass is 32.1. The van der Waals surface area contributed by atoms with Gasteiger partial charge in [0.05, 0.1) is 18.3 Å². The van der Waals surface area contributed by atoms with Crippen LogP contribution >= 0.6 is 11.3 Å². The first kappa shape index (κ1) is 16.7. The monoisotopic (exact) mass is 343 g/mol. The number of aryl methyl sites for hydroxylation is 1. The van der Waals surface area contributed by atoms with E-state index in [0.717, 1.165) is 32.5 Å². The third kappa shape index (κ3) is 4.02. The molecule has 0 bridgehead atoms. The summed E-state index contributed by atoms with van der Waals surface area (Å²) < 4.78 is 1.99. The van der Waals surface area contributed by atoms with Crippen LogP contribution in [-0.2, 0) is 11.3 Å². The molecule has 1 amide bonds. The number of nitrogens with one attached hydrogen (secondary N) is 1. The zero-order valence-corrected chi connectivity index (χ0v) is 14.6. The van der Waals surface area contributed by atoms with Gasteiger partial charge in [0.25, 0.3) is 0 Å². The van der Waals surface area contributed by atoms with Gasteiger partial charge in [0, 0.05) is 25.2 Å². The SMILES string of the molecule is Cc1cnn(CC2CCCN2CCC(=O)Nc2sccc2C#N)c1. The van der Waals surface area contributed by atoms with Gasteiger partial charge in [0.15, 0.2) is 0 Å². The Morgan fingerprint density at radius 3 is 3.21 bits per heavy atom. The van der Waals surface area contributed by atoms with Gasteiger partial charge >= 0.3 is 0 Å². The number of carbonyl (C=O) groups is 1. The zero-order valence-electron chi connectivity index (χ0n) is 13.7. The van der Waals surface area contributed by atoms with Crippen LogP contribution in [0.1, 0.15) is 30.4 Å². The molecule has 7 heteroatoms. The Morgan fingerprint density at radius 2 is 2.46 bits per heavy atom. The van der Waals surface area contributed by atoms with E-state index in [2.05, 4.69) is 27.6 Å². The molecule has 6 nitrogen and oxygen atoms in total. The minimum atomic E-state index is -0.0328. The highest BCUT2D eigenvalue weighted by Crippen LogP contribution is 2.23. The third-order valence-corrected chi connectivity index (χ3v) is 5.15. The molecule has 1 fully saturated rings. The van der Waals surface area contributed by atoms with E-state index < -0.39 is 0 Å². The number of amides is 1. The van der Waals surface area contributed by atoms with Crippen molar-refractivity contribution >= 4 is 22.2 Å². The summed E-state index contributed by atoms with van der Waals surface area (Å²) in [6, 6.07) is 4.25. The third-order valence-electron chi connectivity index (χ3n) is 4.32. The lowest BCUT2D eigenvalue weighted by Crippen LogP contribution is -2.35. The van der Waals surface area contributed by atoms with Gasteiger partial charge in [-0.25, -0.2) is 0 Å². The first-order valence-corrected chi connectivity index (χ1v) is 9.04. The predicted molar refractivity (Wildman–Crippen MR) is 93.8 cm³/mol. The molecule has 24 heavy (non-hydrogen) atoms. The molecular weight excluding hydrogens is 322 g/mol. The van der Waals surface area contributed by atoms with Crippen molar-refractivity contribution in [3.05, 3.63) is 35.0 Å². The van der Waals surface area contributed by atoms with Gasteiger partial charge in [-0.3, -0.25) is 14.4 Å². The second kappa shape index (κ2) is 7.60. The number of thiophene rings is 1. The van der Waals surface area contributed by atoms with Crippen LogP contribution in [0.4, 0.5) is 5.00 Å². The molecule has 3 heterocycles. The van der Waals surface area contributed by atoms with Crippen LogP contribution in [-0.4, -0.2) is 39.7 Å². The topological polar surface area (TPSA) is 74.0 Å². The largest absolute Gasteiger partial charge is 0.317 e. The Balaban J connectivity index is 1.50. The van der Waals surface area contributed by atoms with Gasteiger partial charge in [-0.2, -0.15) is 10.4 Å².